The topological polar surface area (TPSA) is 75.1 Å². The highest BCUT2D eigenvalue weighted by molar-refractivity contribution is 7.59. The Morgan fingerprint density at radius 3 is 2.48 bits per heavy atom. The summed E-state index contributed by atoms with van der Waals surface area (Å²) in [7, 11) is 1.89. The van der Waals surface area contributed by atoms with E-state index in [0.29, 0.717) is 18.1 Å². The third-order valence-electron chi connectivity index (χ3n) is 5.39. The molecule has 3 heterocycles. The molecule has 1 aliphatic rings. The molecule has 1 amide bonds. The van der Waals surface area contributed by atoms with Crippen molar-refractivity contribution >= 4 is 36.6 Å². The van der Waals surface area contributed by atoms with Crippen LogP contribution in [0.5, 0.6) is 0 Å². The van der Waals surface area contributed by atoms with Gasteiger partial charge in [0.25, 0.3) is 0 Å². The monoisotopic (exact) mass is 478 g/mol. The number of nitrogens with one attached hydrogen (secondary N) is 2. The second-order valence-corrected chi connectivity index (χ2v) is 8.15. The Morgan fingerprint density at radius 1 is 1.12 bits per heavy atom. The number of carbonyl (C=O) groups is 1. The van der Waals surface area contributed by atoms with Crippen molar-refractivity contribution in [2.75, 3.05) is 22.6 Å². The van der Waals surface area contributed by atoms with Crippen molar-refractivity contribution in [2.45, 2.75) is 33.0 Å². The number of likely N-dealkylation sites (N-methyl/N-ethyl adjacent to an activating group) is 1. The molecule has 0 radical (unpaired) electrons. The summed E-state index contributed by atoms with van der Waals surface area (Å²) >= 11 is 0. The molecule has 2 N–H and O–H groups in total. The Kier molecular flexibility index (Phi) is 7.21. The summed E-state index contributed by atoms with van der Waals surface area (Å²) in [5.74, 6) is -3.22. The lowest BCUT2D eigenvalue weighted by molar-refractivity contribution is -0.118. The van der Waals surface area contributed by atoms with Crippen LogP contribution < -0.4 is 15.5 Å². The maximum Gasteiger partial charge on any atom is 0.247 e. The van der Waals surface area contributed by atoms with Crippen LogP contribution in [0.4, 0.5) is 30.4 Å². The molecule has 2 aromatic heterocycles. The van der Waals surface area contributed by atoms with E-state index in [9.17, 15) is 18.0 Å². The van der Waals surface area contributed by atoms with Crippen LogP contribution in [-0.2, 0) is 17.9 Å². The highest BCUT2D eigenvalue weighted by Gasteiger charge is 2.33. The zero-order valence-electron chi connectivity index (χ0n) is 18.4. The van der Waals surface area contributed by atoms with Gasteiger partial charge in [0.1, 0.15) is 11.9 Å². The third-order valence-corrected chi connectivity index (χ3v) is 5.39. The van der Waals surface area contributed by atoms with Crippen LogP contribution in [0, 0.1) is 23.4 Å². The number of benzene rings is 1. The Hall–Kier alpha value is -3.21. The normalized spacial score (nSPS) is 15.2. The molecule has 3 aromatic rings. The SMILES string of the molecule is CC(C)[C@H]1C(=O)Nc2cnc(NCc3cnn(Cc4cc(F)c(F)c(F)c4)c3)cc2N1C.S. The van der Waals surface area contributed by atoms with Crippen molar-refractivity contribution in [3.05, 3.63) is 65.4 Å². The van der Waals surface area contributed by atoms with E-state index in [-0.39, 0.29) is 43.5 Å². The number of anilines is 3. The number of rotatable bonds is 6. The van der Waals surface area contributed by atoms with Crippen molar-refractivity contribution in [2.24, 2.45) is 5.92 Å². The van der Waals surface area contributed by atoms with Crippen LogP contribution in [0.25, 0.3) is 0 Å². The lowest BCUT2D eigenvalue weighted by Crippen LogP contribution is -2.49. The molecule has 4 rings (SSSR count). The first-order valence-electron chi connectivity index (χ1n) is 10.1. The van der Waals surface area contributed by atoms with Crippen LogP contribution in [0.1, 0.15) is 25.0 Å². The summed E-state index contributed by atoms with van der Waals surface area (Å²) in [4.78, 5) is 18.6. The number of halogens is 3. The number of aromatic nitrogens is 3. The predicted molar refractivity (Wildman–Crippen MR) is 125 cm³/mol. The third kappa shape index (κ3) is 5.08. The fourth-order valence-electron chi connectivity index (χ4n) is 3.88. The average molecular weight is 479 g/mol. The number of carbonyl (C=O) groups excluding carboxylic acids is 1. The summed E-state index contributed by atoms with van der Waals surface area (Å²) in [6.45, 7) is 4.52. The van der Waals surface area contributed by atoms with Crippen molar-refractivity contribution in [3.8, 4) is 0 Å². The van der Waals surface area contributed by atoms with Crippen molar-refractivity contribution in [3.63, 3.8) is 0 Å². The van der Waals surface area contributed by atoms with Gasteiger partial charge in [0, 0.05) is 31.4 Å². The highest BCUT2D eigenvalue weighted by Crippen LogP contribution is 2.34. The summed E-state index contributed by atoms with van der Waals surface area (Å²) < 4.78 is 41.4. The van der Waals surface area contributed by atoms with E-state index >= 15 is 0 Å². The zero-order valence-corrected chi connectivity index (χ0v) is 19.4. The van der Waals surface area contributed by atoms with Gasteiger partial charge in [-0.3, -0.25) is 9.48 Å². The largest absolute Gasteiger partial charge is 0.366 e. The van der Waals surface area contributed by atoms with Crippen molar-refractivity contribution in [1.29, 1.82) is 0 Å². The first-order valence-corrected chi connectivity index (χ1v) is 10.1. The molecular formula is C22H25F3N6OS. The van der Waals surface area contributed by atoms with Crippen LogP contribution in [0.15, 0.2) is 36.8 Å². The molecule has 1 aliphatic heterocycles. The number of hydrogen-bond acceptors (Lipinski definition) is 5. The lowest BCUT2D eigenvalue weighted by Gasteiger charge is -2.37. The summed E-state index contributed by atoms with van der Waals surface area (Å²) in [6.07, 6.45) is 4.97. The Labute approximate surface area is 196 Å². The van der Waals surface area contributed by atoms with Crippen molar-refractivity contribution < 1.29 is 18.0 Å². The first kappa shape index (κ1) is 24.4. The molecule has 0 aliphatic carbocycles. The van der Waals surface area contributed by atoms with E-state index in [1.165, 1.54) is 4.68 Å². The minimum atomic E-state index is -1.48. The molecule has 1 aromatic carbocycles. The Morgan fingerprint density at radius 2 is 1.82 bits per heavy atom. The maximum absolute atomic E-state index is 13.4. The fraction of sp³-hybridized carbons (Fsp3) is 0.318. The summed E-state index contributed by atoms with van der Waals surface area (Å²) in [6, 6.07) is 3.51. The van der Waals surface area contributed by atoms with Gasteiger partial charge in [0.15, 0.2) is 17.5 Å². The van der Waals surface area contributed by atoms with Gasteiger partial charge in [-0.05, 0) is 23.6 Å². The predicted octanol–water partition coefficient (Wildman–Crippen LogP) is 3.88. The average Bonchev–Trinajstić information content (AvgIpc) is 3.17. The van der Waals surface area contributed by atoms with Crippen LogP contribution in [0.2, 0.25) is 0 Å². The fourth-order valence-corrected chi connectivity index (χ4v) is 3.88. The van der Waals surface area contributed by atoms with Gasteiger partial charge in [-0.25, -0.2) is 18.2 Å². The molecule has 0 bridgehead atoms. The second-order valence-electron chi connectivity index (χ2n) is 8.15. The number of amides is 1. The molecule has 176 valence electrons. The van der Waals surface area contributed by atoms with Gasteiger partial charge >= 0.3 is 0 Å². The minimum absolute atomic E-state index is 0. The maximum atomic E-state index is 13.4. The van der Waals surface area contributed by atoms with E-state index in [1.54, 1.807) is 18.6 Å². The highest BCUT2D eigenvalue weighted by atomic mass is 32.1. The van der Waals surface area contributed by atoms with Gasteiger partial charge in [-0.2, -0.15) is 18.6 Å². The Balaban J connectivity index is 0.00000306. The molecule has 1 atom stereocenters. The van der Waals surface area contributed by atoms with E-state index in [4.69, 9.17) is 0 Å². The van der Waals surface area contributed by atoms with E-state index in [0.717, 1.165) is 23.4 Å². The number of nitrogens with zero attached hydrogens (tertiary/aromatic N) is 4. The molecule has 0 saturated heterocycles. The first-order chi connectivity index (χ1) is 15.2. The van der Waals surface area contributed by atoms with E-state index < -0.39 is 17.5 Å². The summed E-state index contributed by atoms with van der Waals surface area (Å²) in [5, 5.41) is 10.3. The van der Waals surface area contributed by atoms with Crippen molar-refractivity contribution in [1.82, 2.24) is 14.8 Å². The molecule has 7 nitrogen and oxygen atoms in total. The Bertz CT molecular complexity index is 1150. The van der Waals surface area contributed by atoms with Crippen LogP contribution in [0.3, 0.4) is 0 Å². The number of fused-ring (bicyclic) bond motifs is 1. The smallest absolute Gasteiger partial charge is 0.247 e. The van der Waals surface area contributed by atoms with Gasteiger partial charge in [0.05, 0.1) is 30.3 Å². The van der Waals surface area contributed by atoms with Gasteiger partial charge in [0.2, 0.25) is 5.91 Å². The van der Waals surface area contributed by atoms with E-state index in [1.807, 2.05) is 31.9 Å². The van der Waals surface area contributed by atoms with Crippen LogP contribution in [-0.4, -0.2) is 33.8 Å². The molecular weight excluding hydrogens is 453 g/mol. The molecule has 33 heavy (non-hydrogen) atoms. The van der Waals surface area contributed by atoms with Gasteiger partial charge < -0.3 is 15.5 Å². The minimum Gasteiger partial charge on any atom is -0.366 e. The summed E-state index contributed by atoms with van der Waals surface area (Å²) in [5.41, 5.74) is 2.63. The lowest BCUT2D eigenvalue weighted by atomic mass is 9.99. The zero-order chi connectivity index (χ0) is 23.0. The quantitative estimate of drug-likeness (QED) is 0.526. The second kappa shape index (κ2) is 9.74. The number of hydrogen-bond donors (Lipinski definition) is 2. The van der Waals surface area contributed by atoms with E-state index in [2.05, 4.69) is 20.7 Å². The van der Waals surface area contributed by atoms with Crippen LogP contribution >= 0.6 is 13.5 Å². The molecule has 0 fully saturated rings. The molecule has 0 unspecified atom stereocenters. The molecule has 11 heteroatoms. The molecule has 0 saturated carbocycles. The number of pyridine rings is 1. The molecule has 0 spiro atoms. The standard InChI is InChI=1S/C22H23F3N6O.H2S/c1-12(2)21-22(32)29-17-9-27-19(6-18(17)30(21)3)26-7-14-8-28-31(11-14)10-13-4-15(23)20(25)16(24)5-13;/h4-6,8-9,11-12,21H,7,10H2,1-3H3,(H,26,27)(H,29,32);1H2/t21-;/m0./s1. The van der Waals surface area contributed by atoms with Gasteiger partial charge in [-0.1, -0.05) is 13.8 Å². The van der Waals surface area contributed by atoms with Gasteiger partial charge in [-0.15, -0.1) is 0 Å².